The summed E-state index contributed by atoms with van der Waals surface area (Å²) in [6.07, 6.45) is 0. The summed E-state index contributed by atoms with van der Waals surface area (Å²) < 4.78 is 4.86. The molecule has 9 rings (SSSR count). The van der Waals surface area contributed by atoms with Crippen molar-refractivity contribution in [1.29, 1.82) is 0 Å². The third kappa shape index (κ3) is 3.82. The summed E-state index contributed by atoms with van der Waals surface area (Å²) >= 11 is 0. The molecule has 0 N–H and O–H groups in total. The van der Waals surface area contributed by atoms with Crippen LogP contribution in [0.5, 0.6) is 0 Å². The molecule has 9 aromatic rings. The average molecular weight is 561 g/mol. The van der Waals surface area contributed by atoms with Gasteiger partial charge in [-0.05, 0) is 76.9 Å². The summed E-state index contributed by atoms with van der Waals surface area (Å²) in [6.45, 7) is 0. The molecular formula is C42H28N2. The van der Waals surface area contributed by atoms with Crippen LogP contribution in [-0.2, 0) is 0 Å². The van der Waals surface area contributed by atoms with Crippen LogP contribution in [-0.4, -0.2) is 9.13 Å². The molecule has 2 heterocycles. The number of hydrogen-bond donors (Lipinski definition) is 0. The second-order valence-corrected chi connectivity index (χ2v) is 11.4. The molecule has 0 atom stereocenters. The van der Waals surface area contributed by atoms with Gasteiger partial charge in [0.2, 0.25) is 0 Å². The number of aromatic nitrogens is 2. The van der Waals surface area contributed by atoms with Gasteiger partial charge in [0.25, 0.3) is 0 Å². The van der Waals surface area contributed by atoms with Crippen molar-refractivity contribution in [3.8, 4) is 33.6 Å². The average Bonchev–Trinajstić information content (AvgIpc) is 3.60. The van der Waals surface area contributed by atoms with E-state index in [1.807, 2.05) is 0 Å². The minimum Gasteiger partial charge on any atom is -0.309 e. The van der Waals surface area contributed by atoms with Gasteiger partial charge in [0, 0.05) is 32.9 Å². The third-order valence-corrected chi connectivity index (χ3v) is 8.87. The van der Waals surface area contributed by atoms with Crippen LogP contribution in [0.25, 0.3) is 77.2 Å². The molecule has 0 unspecified atom stereocenters. The molecule has 0 aliphatic rings. The number of hydrogen-bond acceptors (Lipinski definition) is 0. The standard InChI is InChI=1S/C42H28N2/c1-4-14-29(15-5-1)31-24-32(30-16-6-2-7-17-30)26-34(25-31)44-40-23-13-11-21-36(40)38-27-41-37(28-42(38)44)35-20-10-12-22-39(35)43(41)33-18-8-3-9-19-33/h1-28H. The van der Waals surface area contributed by atoms with Crippen LogP contribution in [0.1, 0.15) is 0 Å². The summed E-state index contributed by atoms with van der Waals surface area (Å²) in [6, 6.07) is 61.5. The van der Waals surface area contributed by atoms with Crippen molar-refractivity contribution in [2.45, 2.75) is 0 Å². The first-order valence-corrected chi connectivity index (χ1v) is 15.1. The Morgan fingerprint density at radius 3 is 1.16 bits per heavy atom. The summed E-state index contributed by atoms with van der Waals surface area (Å²) in [5, 5.41) is 5.01. The highest BCUT2D eigenvalue weighted by atomic mass is 15.0. The number of benzene rings is 7. The van der Waals surface area contributed by atoms with Crippen molar-refractivity contribution in [2.75, 3.05) is 0 Å². The Bertz CT molecular complexity index is 2410. The van der Waals surface area contributed by atoms with Gasteiger partial charge in [0.15, 0.2) is 0 Å². The second kappa shape index (κ2) is 9.86. The molecule has 44 heavy (non-hydrogen) atoms. The van der Waals surface area contributed by atoms with Gasteiger partial charge in [0.1, 0.15) is 0 Å². The van der Waals surface area contributed by atoms with Gasteiger partial charge in [0.05, 0.1) is 22.1 Å². The van der Waals surface area contributed by atoms with Gasteiger partial charge in [-0.1, -0.05) is 115 Å². The van der Waals surface area contributed by atoms with E-state index in [0.717, 1.165) is 5.69 Å². The van der Waals surface area contributed by atoms with E-state index in [1.165, 1.54) is 71.6 Å². The summed E-state index contributed by atoms with van der Waals surface area (Å²) in [7, 11) is 0. The van der Waals surface area contributed by atoms with Crippen molar-refractivity contribution in [3.63, 3.8) is 0 Å². The Balaban J connectivity index is 1.40. The number of nitrogens with zero attached hydrogens (tertiary/aromatic N) is 2. The molecular weight excluding hydrogens is 532 g/mol. The predicted octanol–water partition coefficient (Wildman–Crippen LogP) is 11.2. The Morgan fingerprint density at radius 1 is 0.250 bits per heavy atom. The highest BCUT2D eigenvalue weighted by molar-refractivity contribution is 6.19. The lowest BCUT2D eigenvalue weighted by molar-refractivity contribution is 1.17. The first kappa shape index (κ1) is 24.7. The molecule has 0 fully saturated rings. The van der Waals surface area contributed by atoms with E-state index in [2.05, 4.69) is 179 Å². The Morgan fingerprint density at radius 2 is 0.659 bits per heavy atom. The Hall–Kier alpha value is -5.86. The van der Waals surface area contributed by atoms with Gasteiger partial charge in [-0.2, -0.15) is 0 Å². The zero-order valence-electron chi connectivity index (χ0n) is 24.1. The minimum absolute atomic E-state index is 1.16. The Kier molecular flexibility index (Phi) is 5.54. The third-order valence-electron chi connectivity index (χ3n) is 8.87. The van der Waals surface area contributed by atoms with E-state index >= 15 is 0 Å². The maximum Gasteiger partial charge on any atom is 0.0548 e. The summed E-state index contributed by atoms with van der Waals surface area (Å²) in [5.41, 5.74) is 12.0. The first-order valence-electron chi connectivity index (χ1n) is 15.1. The fraction of sp³-hybridized carbons (Fsp3) is 0. The van der Waals surface area contributed by atoms with E-state index in [-0.39, 0.29) is 0 Å². The number of fused-ring (bicyclic) bond motifs is 6. The molecule has 7 aromatic carbocycles. The van der Waals surface area contributed by atoms with Gasteiger partial charge in [-0.15, -0.1) is 0 Å². The highest BCUT2D eigenvalue weighted by Crippen LogP contribution is 2.40. The van der Waals surface area contributed by atoms with Crippen molar-refractivity contribution in [2.24, 2.45) is 0 Å². The summed E-state index contributed by atoms with van der Waals surface area (Å²) in [4.78, 5) is 0. The molecule has 2 aromatic heterocycles. The van der Waals surface area contributed by atoms with Gasteiger partial charge < -0.3 is 9.13 Å². The molecule has 206 valence electrons. The maximum atomic E-state index is 2.46. The van der Waals surface area contributed by atoms with Crippen LogP contribution in [0.3, 0.4) is 0 Å². The normalized spacial score (nSPS) is 11.6. The van der Waals surface area contributed by atoms with Crippen molar-refractivity contribution < 1.29 is 0 Å². The van der Waals surface area contributed by atoms with E-state index in [4.69, 9.17) is 0 Å². The molecule has 0 radical (unpaired) electrons. The van der Waals surface area contributed by atoms with E-state index in [1.54, 1.807) is 0 Å². The highest BCUT2D eigenvalue weighted by Gasteiger charge is 2.19. The lowest BCUT2D eigenvalue weighted by Gasteiger charge is -2.14. The quantitative estimate of drug-likeness (QED) is 0.203. The second-order valence-electron chi connectivity index (χ2n) is 11.4. The van der Waals surface area contributed by atoms with Crippen LogP contribution < -0.4 is 0 Å². The van der Waals surface area contributed by atoms with Crippen LogP contribution >= 0.6 is 0 Å². The van der Waals surface area contributed by atoms with Crippen molar-refractivity contribution in [3.05, 3.63) is 170 Å². The molecule has 2 heteroatoms. The molecule has 0 bridgehead atoms. The lowest BCUT2D eigenvalue weighted by atomic mass is 9.98. The van der Waals surface area contributed by atoms with Crippen LogP contribution in [0.15, 0.2) is 170 Å². The fourth-order valence-electron chi connectivity index (χ4n) is 6.90. The first-order chi connectivity index (χ1) is 21.8. The zero-order chi connectivity index (χ0) is 29.0. The Labute approximate surface area is 255 Å². The monoisotopic (exact) mass is 560 g/mol. The van der Waals surface area contributed by atoms with Gasteiger partial charge in [-0.3, -0.25) is 0 Å². The number of para-hydroxylation sites is 3. The van der Waals surface area contributed by atoms with E-state index in [0.29, 0.717) is 0 Å². The molecule has 0 amide bonds. The van der Waals surface area contributed by atoms with Gasteiger partial charge in [-0.25, -0.2) is 0 Å². The molecule has 0 aliphatic heterocycles. The fourth-order valence-corrected chi connectivity index (χ4v) is 6.90. The molecule has 2 nitrogen and oxygen atoms in total. The number of rotatable bonds is 4. The van der Waals surface area contributed by atoms with Crippen LogP contribution in [0.4, 0.5) is 0 Å². The topological polar surface area (TPSA) is 9.86 Å². The molecule has 0 aliphatic carbocycles. The summed E-state index contributed by atoms with van der Waals surface area (Å²) in [5.74, 6) is 0. The van der Waals surface area contributed by atoms with Crippen molar-refractivity contribution in [1.82, 2.24) is 9.13 Å². The lowest BCUT2D eigenvalue weighted by Crippen LogP contribution is -1.96. The van der Waals surface area contributed by atoms with E-state index < -0.39 is 0 Å². The van der Waals surface area contributed by atoms with Crippen LogP contribution in [0.2, 0.25) is 0 Å². The van der Waals surface area contributed by atoms with Crippen molar-refractivity contribution >= 4 is 43.6 Å². The molecule has 0 spiro atoms. The zero-order valence-corrected chi connectivity index (χ0v) is 24.1. The predicted molar refractivity (Wildman–Crippen MR) is 186 cm³/mol. The smallest absolute Gasteiger partial charge is 0.0548 e. The maximum absolute atomic E-state index is 2.46. The molecule has 0 saturated carbocycles. The van der Waals surface area contributed by atoms with E-state index in [9.17, 15) is 0 Å². The minimum atomic E-state index is 1.16. The largest absolute Gasteiger partial charge is 0.309 e. The van der Waals surface area contributed by atoms with Crippen LogP contribution in [0, 0.1) is 0 Å². The SMILES string of the molecule is c1ccc(-c2cc(-c3ccccc3)cc(-n3c4ccccc4c4cc5c(cc43)c3ccccc3n5-c3ccccc3)c2)cc1. The van der Waals surface area contributed by atoms with Gasteiger partial charge >= 0.3 is 0 Å². The molecule has 0 saturated heterocycles.